The van der Waals surface area contributed by atoms with Gasteiger partial charge in [-0.3, -0.25) is 14.9 Å². The second kappa shape index (κ2) is 11.0. The van der Waals surface area contributed by atoms with Gasteiger partial charge in [0, 0.05) is 22.1 Å². The summed E-state index contributed by atoms with van der Waals surface area (Å²) in [5, 5.41) is 8.57. The number of thioether (sulfide) groups is 1. The standard InChI is InChI=1S/C26H26N4O3S/c1-18-8-7-9-19(14-18)29-26(33)27-15-24(32)30(20-10-3-2-4-11-20)16-22(31)25-21-12-5-6-13-23(21)34-17-28-25/h2-14,25,28H,15-17H2,1H3,(H2,27,29,33). The molecule has 34 heavy (non-hydrogen) atoms. The maximum atomic E-state index is 13.3. The zero-order valence-corrected chi connectivity index (χ0v) is 19.6. The van der Waals surface area contributed by atoms with Gasteiger partial charge in [-0.2, -0.15) is 0 Å². The lowest BCUT2D eigenvalue weighted by molar-refractivity contribution is -0.123. The zero-order chi connectivity index (χ0) is 23.9. The van der Waals surface area contributed by atoms with E-state index in [1.165, 1.54) is 4.90 Å². The molecule has 3 aromatic rings. The van der Waals surface area contributed by atoms with Crippen LogP contribution in [0.3, 0.4) is 0 Å². The summed E-state index contributed by atoms with van der Waals surface area (Å²) in [5.74, 6) is 0.125. The Morgan fingerprint density at radius 3 is 2.56 bits per heavy atom. The Morgan fingerprint density at radius 1 is 1.00 bits per heavy atom. The lowest BCUT2D eigenvalue weighted by Gasteiger charge is -2.28. The molecule has 0 saturated heterocycles. The molecule has 7 nitrogen and oxygen atoms in total. The van der Waals surface area contributed by atoms with Crippen LogP contribution in [0.1, 0.15) is 17.2 Å². The number of benzene rings is 3. The molecule has 1 aliphatic rings. The van der Waals surface area contributed by atoms with Crippen molar-refractivity contribution in [2.45, 2.75) is 17.9 Å². The fourth-order valence-corrected chi connectivity index (χ4v) is 4.71. The van der Waals surface area contributed by atoms with Crippen molar-refractivity contribution in [3.05, 3.63) is 90.0 Å². The number of ketones is 1. The minimum absolute atomic E-state index is 0.110. The molecule has 174 valence electrons. The van der Waals surface area contributed by atoms with E-state index in [4.69, 9.17) is 0 Å². The molecule has 0 spiro atoms. The first-order valence-electron chi connectivity index (χ1n) is 11.0. The number of rotatable bonds is 7. The molecule has 0 saturated carbocycles. The number of para-hydroxylation sites is 1. The summed E-state index contributed by atoms with van der Waals surface area (Å²) < 4.78 is 0. The van der Waals surface area contributed by atoms with E-state index in [1.54, 1.807) is 30.0 Å². The first kappa shape index (κ1) is 23.5. The van der Waals surface area contributed by atoms with Crippen LogP contribution in [0.5, 0.6) is 0 Å². The topological polar surface area (TPSA) is 90.5 Å². The summed E-state index contributed by atoms with van der Waals surface area (Å²) in [7, 11) is 0. The van der Waals surface area contributed by atoms with Gasteiger partial charge in [0.05, 0.1) is 19.1 Å². The Morgan fingerprint density at radius 2 is 1.76 bits per heavy atom. The number of carbonyl (C=O) groups is 3. The zero-order valence-electron chi connectivity index (χ0n) is 18.8. The van der Waals surface area contributed by atoms with Crippen LogP contribution in [-0.4, -0.2) is 36.7 Å². The molecule has 1 heterocycles. The van der Waals surface area contributed by atoms with Crippen LogP contribution >= 0.6 is 11.8 Å². The van der Waals surface area contributed by atoms with Gasteiger partial charge < -0.3 is 15.5 Å². The largest absolute Gasteiger partial charge is 0.329 e. The average molecular weight is 475 g/mol. The van der Waals surface area contributed by atoms with Crippen molar-refractivity contribution < 1.29 is 14.4 Å². The third-order valence-corrected chi connectivity index (χ3v) is 6.42. The van der Waals surface area contributed by atoms with Crippen molar-refractivity contribution >= 4 is 40.9 Å². The van der Waals surface area contributed by atoms with Gasteiger partial charge in [0.25, 0.3) is 0 Å². The average Bonchev–Trinajstić information content (AvgIpc) is 2.86. The van der Waals surface area contributed by atoms with Crippen LogP contribution in [0.15, 0.2) is 83.8 Å². The van der Waals surface area contributed by atoms with Gasteiger partial charge in [0.15, 0.2) is 5.78 Å². The number of hydrogen-bond acceptors (Lipinski definition) is 5. The van der Waals surface area contributed by atoms with Crippen molar-refractivity contribution in [2.75, 3.05) is 29.2 Å². The van der Waals surface area contributed by atoms with Crippen LogP contribution in [-0.2, 0) is 9.59 Å². The van der Waals surface area contributed by atoms with Crippen molar-refractivity contribution in [2.24, 2.45) is 0 Å². The van der Waals surface area contributed by atoms with Crippen molar-refractivity contribution in [3.8, 4) is 0 Å². The van der Waals surface area contributed by atoms with Gasteiger partial charge in [0.1, 0.15) is 0 Å². The molecule has 4 rings (SSSR count). The number of aryl methyl sites for hydroxylation is 1. The molecule has 8 heteroatoms. The van der Waals surface area contributed by atoms with Gasteiger partial charge in [0.2, 0.25) is 5.91 Å². The normalized spacial score (nSPS) is 14.6. The highest BCUT2D eigenvalue weighted by Gasteiger charge is 2.29. The predicted octanol–water partition coefficient (Wildman–Crippen LogP) is 4.11. The van der Waals surface area contributed by atoms with Crippen LogP contribution in [0.4, 0.5) is 16.2 Å². The fraction of sp³-hybridized carbons (Fsp3) is 0.192. The van der Waals surface area contributed by atoms with Crippen LogP contribution in [0.2, 0.25) is 0 Å². The van der Waals surface area contributed by atoms with Gasteiger partial charge in [-0.1, -0.05) is 48.5 Å². The van der Waals surface area contributed by atoms with Crippen molar-refractivity contribution in [1.82, 2.24) is 10.6 Å². The second-order valence-electron chi connectivity index (χ2n) is 7.92. The highest BCUT2D eigenvalue weighted by Crippen LogP contribution is 2.32. The summed E-state index contributed by atoms with van der Waals surface area (Å²) in [6.07, 6.45) is 0. The smallest absolute Gasteiger partial charge is 0.319 e. The highest BCUT2D eigenvalue weighted by molar-refractivity contribution is 7.99. The van der Waals surface area contributed by atoms with E-state index in [0.29, 0.717) is 17.3 Å². The van der Waals surface area contributed by atoms with E-state index >= 15 is 0 Å². The van der Waals surface area contributed by atoms with E-state index in [1.807, 2.05) is 67.6 Å². The highest BCUT2D eigenvalue weighted by atomic mass is 32.2. The monoisotopic (exact) mass is 474 g/mol. The molecule has 0 fully saturated rings. The molecule has 1 atom stereocenters. The predicted molar refractivity (Wildman–Crippen MR) is 135 cm³/mol. The number of anilines is 2. The third-order valence-electron chi connectivity index (χ3n) is 5.43. The number of nitrogens with zero attached hydrogens (tertiary/aromatic N) is 1. The van der Waals surface area contributed by atoms with E-state index in [-0.39, 0.29) is 24.8 Å². The Hall–Kier alpha value is -3.62. The molecule has 3 aromatic carbocycles. The molecule has 0 aliphatic carbocycles. The maximum Gasteiger partial charge on any atom is 0.319 e. The summed E-state index contributed by atoms with van der Waals surface area (Å²) in [6, 6.07) is 23.2. The Kier molecular flexibility index (Phi) is 7.61. The van der Waals surface area contributed by atoms with Crippen LogP contribution in [0, 0.1) is 6.92 Å². The molecule has 0 aromatic heterocycles. The van der Waals surface area contributed by atoms with Crippen LogP contribution in [0.25, 0.3) is 0 Å². The quantitative estimate of drug-likeness (QED) is 0.479. The first-order valence-corrected chi connectivity index (χ1v) is 11.9. The van der Waals surface area contributed by atoms with Gasteiger partial charge in [-0.05, 0) is 48.4 Å². The second-order valence-corrected chi connectivity index (χ2v) is 8.94. The number of Topliss-reactive ketones (excluding diaryl/α,β-unsaturated/α-hetero) is 1. The van der Waals surface area contributed by atoms with E-state index in [0.717, 1.165) is 16.0 Å². The van der Waals surface area contributed by atoms with Crippen molar-refractivity contribution in [1.29, 1.82) is 0 Å². The Labute approximate surface area is 202 Å². The lowest BCUT2D eigenvalue weighted by Crippen LogP contribution is -2.46. The van der Waals surface area contributed by atoms with Gasteiger partial charge >= 0.3 is 6.03 Å². The minimum Gasteiger partial charge on any atom is -0.329 e. The van der Waals surface area contributed by atoms with E-state index in [9.17, 15) is 14.4 Å². The number of amides is 3. The molecular formula is C26H26N4O3S. The fourth-order valence-electron chi connectivity index (χ4n) is 3.78. The summed E-state index contributed by atoms with van der Waals surface area (Å²) in [6.45, 7) is 1.57. The number of carbonyl (C=O) groups excluding carboxylic acids is 3. The Bertz CT molecular complexity index is 1190. The van der Waals surface area contributed by atoms with Crippen molar-refractivity contribution in [3.63, 3.8) is 0 Å². The van der Waals surface area contributed by atoms with Gasteiger partial charge in [-0.15, -0.1) is 11.8 Å². The molecular weight excluding hydrogens is 448 g/mol. The van der Waals surface area contributed by atoms with Crippen LogP contribution < -0.4 is 20.9 Å². The molecule has 3 N–H and O–H groups in total. The minimum atomic E-state index is -0.492. The number of urea groups is 1. The molecule has 1 unspecified atom stereocenters. The SMILES string of the molecule is Cc1cccc(NC(=O)NCC(=O)N(CC(=O)C2NCSc3ccccc32)c2ccccc2)c1. The third kappa shape index (κ3) is 5.84. The number of nitrogens with one attached hydrogen (secondary N) is 3. The van der Waals surface area contributed by atoms with Gasteiger partial charge in [-0.25, -0.2) is 4.79 Å². The number of fused-ring (bicyclic) bond motifs is 1. The summed E-state index contributed by atoms with van der Waals surface area (Å²) in [5.41, 5.74) is 3.17. The molecule has 3 amide bonds. The maximum absolute atomic E-state index is 13.3. The summed E-state index contributed by atoms with van der Waals surface area (Å²) in [4.78, 5) is 41.2. The van der Waals surface area contributed by atoms with E-state index in [2.05, 4.69) is 16.0 Å². The van der Waals surface area contributed by atoms with E-state index < -0.39 is 12.1 Å². The molecule has 0 bridgehead atoms. The Balaban J connectivity index is 1.44. The lowest BCUT2D eigenvalue weighted by atomic mass is 10.0. The molecule has 1 aliphatic heterocycles. The number of hydrogen-bond donors (Lipinski definition) is 3. The summed E-state index contributed by atoms with van der Waals surface area (Å²) >= 11 is 1.65. The molecule has 0 radical (unpaired) electrons. The first-order chi connectivity index (χ1) is 16.5.